The molecule has 1 amide bonds. The second-order valence-corrected chi connectivity index (χ2v) is 6.48. The molecule has 2 heterocycles. The van der Waals surface area contributed by atoms with Crippen molar-refractivity contribution in [1.29, 1.82) is 0 Å². The molecule has 22 heavy (non-hydrogen) atoms. The molecule has 2 bridgehead atoms. The van der Waals surface area contributed by atoms with Gasteiger partial charge in [0.1, 0.15) is 5.75 Å². The van der Waals surface area contributed by atoms with Crippen LogP contribution >= 0.6 is 11.6 Å². The zero-order valence-corrected chi connectivity index (χ0v) is 13.5. The molecule has 2 fully saturated rings. The van der Waals surface area contributed by atoms with Crippen LogP contribution in [0.5, 0.6) is 5.75 Å². The van der Waals surface area contributed by atoms with Crippen LogP contribution in [0.2, 0.25) is 5.02 Å². The third-order valence-corrected chi connectivity index (χ3v) is 4.49. The Kier molecular flexibility index (Phi) is 4.86. The number of carbonyl (C=O) groups is 1. The standard InChI is InChI=1S/C16H21ClN2O3/c1-18-6-12-7-19(8-14(18)10-21-9-12)16(20)11-22-15-4-2-3-13(17)5-15/h2-5,12,14H,6-11H2,1H3/t12-,14+/m1/s1. The zero-order chi connectivity index (χ0) is 15.5. The summed E-state index contributed by atoms with van der Waals surface area (Å²) in [6, 6.07) is 7.38. The third kappa shape index (κ3) is 3.72. The molecule has 2 aliphatic rings. The average molecular weight is 325 g/mol. The summed E-state index contributed by atoms with van der Waals surface area (Å²) < 4.78 is 11.2. The lowest BCUT2D eigenvalue weighted by Gasteiger charge is -2.29. The van der Waals surface area contributed by atoms with Crippen molar-refractivity contribution in [2.24, 2.45) is 5.92 Å². The van der Waals surface area contributed by atoms with Crippen LogP contribution in [0.3, 0.4) is 0 Å². The van der Waals surface area contributed by atoms with Crippen molar-refractivity contribution in [3.8, 4) is 5.75 Å². The van der Waals surface area contributed by atoms with Crippen LogP contribution in [0.25, 0.3) is 0 Å². The van der Waals surface area contributed by atoms with E-state index in [9.17, 15) is 4.79 Å². The predicted octanol–water partition coefficient (Wildman–Crippen LogP) is 1.51. The molecule has 1 aromatic carbocycles. The van der Waals surface area contributed by atoms with E-state index in [2.05, 4.69) is 11.9 Å². The van der Waals surface area contributed by atoms with Crippen molar-refractivity contribution in [1.82, 2.24) is 9.80 Å². The third-order valence-electron chi connectivity index (χ3n) is 4.25. The van der Waals surface area contributed by atoms with Crippen LogP contribution in [-0.4, -0.2) is 68.3 Å². The summed E-state index contributed by atoms with van der Waals surface area (Å²) in [6.07, 6.45) is 0. The van der Waals surface area contributed by atoms with Gasteiger partial charge in [-0.1, -0.05) is 17.7 Å². The molecule has 0 aliphatic carbocycles. The first kappa shape index (κ1) is 15.6. The number of amides is 1. The van der Waals surface area contributed by atoms with Crippen LogP contribution in [0, 0.1) is 5.92 Å². The van der Waals surface area contributed by atoms with Gasteiger partial charge in [-0.05, 0) is 25.2 Å². The highest BCUT2D eigenvalue weighted by Gasteiger charge is 2.33. The number of benzene rings is 1. The molecule has 0 unspecified atom stereocenters. The number of hydrogen-bond donors (Lipinski definition) is 0. The Hall–Kier alpha value is -1.30. The van der Waals surface area contributed by atoms with Gasteiger partial charge in [0.05, 0.1) is 19.3 Å². The highest BCUT2D eigenvalue weighted by atomic mass is 35.5. The van der Waals surface area contributed by atoms with E-state index in [-0.39, 0.29) is 18.6 Å². The monoisotopic (exact) mass is 324 g/mol. The van der Waals surface area contributed by atoms with E-state index in [1.54, 1.807) is 18.2 Å². The zero-order valence-electron chi connectivity index (χ0n) is 12.7. The minimum Gasteiger partial charge on any atom is -0.484 e. The summed E-state index contributed by atoms with van der Waals surface area (Å²) >= 11 is 5.92. The highest BCUT2D eigenvalue weighted by molar-refractivity contribution is 6.30. The average Bonchev–Trinajstić information content (AvgIpc) is 2.73. The van der Waals surface area contributed by atoms with Gasteiger partial charge < -0.3 is 14.4 Å². The maximum Gasteiger partial charge on any atom is 0.260 e. The van der Waals surface area contributed by atoms with Gasteiger partial charge in [-0.25, -0.2) is 0 Å². The Balaban J connectivity index is 1.60. The molecule has 0 spiro atoms. The number of likely N-dealkylation sites (N-methyl/N-ethyl adjacent to an activating group) is 1. The molecule has 0 radical (unpaired) electrons. The fourth-order valence-electron chi connectivity index (χ4n) is 3.05. The minimum atomic E-state index is 0.0205. The molecule has 6 heteroatoms. The Labute approximate surface area is 135 Å². The fourth-order valence-corrected chi connectivity index (χ4v) is 3.23. The van der Waals surface area contributed by atoms with Gasteiger partial charge in [0.2, 0.25) is 0 Å². The molecule has 2 atom stereocenters. The van der Waals surface area contributed by atoms with Crippen LogP contribution in [0.4, 0.5) is 0 Å². The Bertz CT molecular complexity index is 540. The minimum absolute atomic E-state index is 0.0205. The molecule has 2 saturated heterocycles. The second-order valence-electron chi connectivity index (χ2n) is 6.04. The molecular formula is C16H21ClN2O3. The first-order chi connectivity index (χ1) is 10.6. The predicted molar refractivity (Wildman–Crippen MR) is 84.3 cm³/mol. The number of rotatable bonds is 3. The van der Waals surface area contributed by atoms with Gasteiger partial charge in [0.25, 0.3) is 5.91 Å². The fraction of sp³-hybridized carbons (Fsp3) is 0.562. The van der Waals surface area contributed by atoms with E-state index >= 15 is 0 Å². The molecular weight excluding hydrogens is 304 g/mol. The first-order valence-corrected chi connectivity index (χ1v) is 7.94. The summed E-state index contributed by atoms with van der Waals surface area (Å²) in [4.78, 5) is 16.7. The highest BCUT2D eigenvalue weighted by Crippen LogP contribution is 2.20. The summed E-state index contributed by atoms with van der Waals surface area (Å²) in [6.45, 7) is 3.86. The second kappa shape index (κ2) is 6.86. The molecule has 5 nitrogen and oxygen atoms in total. The summed E-state index contributed by atoms with van der Waals surface area (Å²) in [7, 11) is 2.10. The summed E-state index contributed by atoms with van der Waals surface area (Å²) in [5.74, 6) is 1.01. The van der Waals surface area contributed by atoms with Gasteiger partial charge in [-0.2, -0.15) is 0 Å². The van der Waals surface area contributed by atoms with Gasteiger partial charge in [-0.3, -0.25) is 9.69 Å². The summed E-state index contributed by atoms with van der Waals surface area (Å²) in [5, 5.41) is 0.605. The Morgan fingerprint density at radius 3 is 3.05 bits per heavy atom. The van der Waals surface area contributed by atoms with Gasteiger partial charge >= 0.3 is 0 Å². The van der Waals surface area contributed by atoms with Crippen molar-refractivity contribution in [3.05, 3.63) is 29.3 Å². The van der Waals surface area contributed by atoms with E-state index in [0.29, 0.717) is 29.8 Å². The molecule has 120 valence electrons. The maximum absolute atomic E-state index is 12.5. The van der Waals surface area contributed by atoms with Crippen molar-refractivity contribution in [2.75, 3.05) is 46.5 Å². The molecule has 2 aliphatic heterocycles. The molecule has 0 saturated carbocycles. The van der Waals surface area contributed by atoms with E-state index in [1.165, 1.54) is 0 Å². The normalized spacial score (nSPS) is 25.6. The van der Waals surface area contributed by atoms with E-state index in [0.717, 1.165) is 19.7 Å². The molecule has 3 rings (SSSR count). The Morgan fingerprint density at radius 1 is 1.36 bits per heavy atom. The van der Waals surface area contributed by atoms with Crippen molar-refractivity contribution in [3.63, 3.8) is 0 Å². The number of halogens is 1. The quantitative estimate of drug-likeness (QED) is 0.845. The number of carbonyl (C=O) groups excluding carboxylic acids is 1. The molecule has 0 aromatic heterocycles. The van der Waals surface area contributed by atoms with Crippen molar-refractivity contribution in [2.45, 2.75) is 6.04 Å². The smallest absolute Gasteiger partial charge is 0.260 e. The van der Waals surface area contributed by atoms with Gasteiger partial charge in [0.15, 0.2) is 6.61 Å². The van der Waals surface area contributed by atoms with Gasteiger partial charge in [-0.15, -0.1) is 0 Å². The number of hydrogen-bond acceptors (Lipinski definition) is 4. The van der Waals surface area contributed by atoms with Crippen molar-refractivity contribution < 1.29 is 14.3 Å². The number of fused-ring (bicyclic) bond motifs is 3. The first-order valence-electron chi connectivity index (χ1n) is 7.56. The lowest BCUT2D eigenvalue weighted by molar-refractivity contribution is -0.135. The maximum atomic E-state index is 12.5. The van der Waals surface area contributed by atoms with Gasteiger partial charge in [0, 0.05) is 30.6 Å². The Morgan fingerprint density at radius 2 is 2.23 bits per heavy atom. The van der Waals surface area contributed by atoms with E-state index < -0.39 is 0 Å². The van der Waals surface area contributed by atoms with Crippen molar-refractivity contribution >= 4 is 17.5 Å². The molecule has 0 N–H and O–H groups in total. The number of nitrogens with zero attached hydrogens (tertiary/aromatic N) is 2. The van der Waals surface area contributed by atoms with E-state index in [4.69, 9.17) is 21.1 Å². The van der Waals surface area contributed by atoms with E-state index in [1.807, 2.05) is 11.0 Å². The topological polar surface area (TPSA) is 42.0 Å². The largest absolute Gasteiger partial charge is 0.484 e. The lowest BCUT2D eigenvalue weighted by Crippen LogP contribution is -2.46. The summed E-state index contributed by atoms with van der Waals surface area (Å²) in [5.41, 5.74) is 0. The number of ether oxygens (including phenoxy) is 2. The van der Waals surface area contributed by atoms with Crippen LogP contribution in [0.1, 0.15) is 0 Å². The van der Waals surface area contributed by atoms with Crippen LogP contribution < -0.4 is 4.74 Å². The lowest BCUT2D eigenvalue weighted by atomic mass is 10.1. The SMILES string of the molecule is CN1C[C@H]2COC[C@@H]1CN(C(=O)COc1cccc(Cl)c1)C2. The molecule has 1 aromatic rings. The van der Waals surface area contributed by atoms with Crippen LogP contribution in [0.15, 0.2) is 24.3 Å². The van der Waals surface area contributed by atoms with Crippen LogP contribution in [-0.2, 0) is 9.53 Å².